The van der Waals surface area contributed by atoms with Crippen molar-refractivity contribution in [3.8, 4) is 0 Å². The lowest BCUT2D eigenvalue weighted by Crippen LogP contribution is -2.23. The summed E-state index contributed by atoms with van der Waals surface area (Å²) in [5.41, 5.74) is 0.984. The van der Waals surface area contributed by atoms with E-state index in [1.54, 1.807) is 41.8 Å². The zero-order valence-electron chi connectivity index (χ0n) is 9.76. The highest BCUT2D eigenvalue weighted by Crippen LogP contribution is 2.23. The number of aromatic amines is 1. The van der Waals surface area contributed by atoms with Crippen LogP contribution in [0.1, 0.15) is 10.4 Å². The minimum absolute atomic E-state index is 0.0271. The van der Waals surface area contributed by atoms with Gasteiger partial charge in [0.05, 0.1) is 9.98 Å². The van der Waals surface area contributed by atoms with Crippen molar-refractivity contribution in [3.05, 3.63) is 44.8 Å². The summed E-state index contributed by atoms with van der Waals surface area (Å²) >= 11 is 4.98. The van der Waals surface area contributed by atoms with Gasteiger partial charge in [0.25, 0.3) is 0 Å². The lowest BCUT2D eigenvalue weighted by molar-refractivity contribution is -0.125. The van der Waals surface area contributed by atoms with E-state index in [0.29, 0.717) is 6.54 Å². The summed E-state index contributed by atoms with van der Waals surface area (Å²) in [6.07, 6.45) is 6.90. The molecule has 0 bridgehead atoms. The van der Waals surface area contributed by atoms with Crippen molar-refractivity contribution < 1.29 is 4.79 Å². The number of nitrogens with one attached hydrogen (secondary N) is 1. The van der Waals surface area contributed by atoms with E-state index in [2.05, 4.69) is 26.1 Å². The molecule has 2 rings (SSSR count). The average Bonchev–Trinajstić information content (AvgIpc) is 2.97. The maximum absolute atomic E-state index is 11.9. The van der Waals surface area contributed by atoms with Gasteiger partial charge in [0, 0.05) is 36.3 Å². The van der Waals surface area contributed by atoms with Crippen LogP contribution in [0.4, 0.5) is 0 Å². The van der Waals surface area contributed by atoms with Gasteiger partial charge in [0.2, 0.25) is 5.91 Å². The fourth-order valence-corrected chi connectivity index (χ4v) is 2.74. The Bertz CT molecular complexity index is 547. The van der Waals surface area contributed by atoms with E-state index in [1.165, 1.54) is 0 Å². The number of hydrogen-bond donors (Lipinski definition) is 1. The lowest BCUT2D eigenvalue weighted by Gasteiger charge is -2.13. The monoisotopic (exact) mass is 325 g/mol. The predicted octanol–water partition coefficient (Wildman–Crippen LogP) is 2.91. The molecule has 6 heteroatoms. The Morgan fingerprint density at radius 3 is 3.06 bits per heavy atom. The maximum Gasteiger partial charge on any atom is 0.246 e. The number of amides is 1. The molecule has 0 atom stereocenters. The van der Waals surface area contributed by atoms with Crippen LogP contribution in [0, 0.1) is 0 Å². The molecule has 4 nitrogen and oxygen atoms in total. The van der Waals surface area contributed by atoms with Crippen LogP contribution in [0.15, 0.2) is 34.4 Å². The molecule has 2 heterocycles. The topological polar surface area (TPSA) is 49.0 Å². The third-order valence-electron chi connectivity index (χ3n) is 2.33. The van der Waals surface area contributed by atoms with E-state index in [9.17, 15) is 4.79 Å². The fraction of sp³-hybridized carbons (Fsp3) is 0.167. The molecule has 0 saturated carbocycles. The van der Waals surface area contributed by atoms with Gasteiger partial charge < -0.3 is 4.90 Å². The van der Waals surface area contributed by atoms with Crippen LogP contribution in [0.25, 0.3) is 6.08 Å². The van der Waals surface area contributed by atoms with Crippen LogP contribution < -0.4 is 0 Å². The Morgan fingerprint density at radius 1 is 1.61 bits per heavy atom. The molecule has 2 aromatic heterocycles. The maximum atomic E-state index is 11.9. The largest absolute Gasteiger partial charge is 0.338 e. The van der Waals surface area contributed by atoms with Gasteiger partial charge in [-0.25, -0.2) is 0 Å². The van der Waals surface area contributed by atoms with E-state index in [0.717, 1.165) is 14.2 Å². The molecule has 1 amide bonds. The van der Waals surface area contributed by atoms with Crippen LogP contribution in [-0.4, -0.2) is 28.1 Å². The number of thiophene rings is 1. The molecular formula is C12H12BrN3OS. The highest BCUT2D eigenvalue weighted by Gasteiger charge is 2.06. The normalized spacial score (nSPS) is 11.0. The van der Waals surface area contributed by atoms with Crippen LogP contribution in [-0.2, 0) is 11.3 Å². The van der Waals surface area contributed by atoms with Crippen molar-refractivity contribution in [1.29, 1.82) is 0 Å². The van der Waals surface area contributed by atoms with Crippen LogP contribution in [0.3, 0.4) is 0 Å². The molecule has 2 aromatic rings. The molecule has 18 heavy (non-hydrogen) atoms. The van der Waals surface area contributed by atoms with Crippen molar-refractivity contribution in [2.24, 2.45) is 0 Å². The molecule has 0 spiro atoms. The first-order chi connectivity index (χ1) is 8.65. The van der Waals surface area contributed by atoms with Gasteiger partial charge in [-0.2, -0.15) is 5.10 Å². The molecule has 0 aliphatic carbocycles. The van der Waals surface area contributed by atoms with Gasteiger partial charge in [0.15, 0.2) is 0 Å². The molecule has 94 valence electrons. The number of hydrogen-bond acceptors (Lipinski definition) is 3. The van der Waals surface area contributed by atoms with E-state index in [1.807, 2.05) is 18.2 Å². The molecule has 0 unspecified atom stereocenters. The van der Waals surface area contributed by atoms with Crippen LogP contribution >= 0.6 is 27.3 Å². The van der Waals surface area contributed by atoms with E-state index < -0.39 is 0 Å². The molecule has 0 aromatic carbocycles. The van der Waals surface area contributed by atoms with Crippen LogP contribution in [0.2, 0.25) is 0 Å². The number of nitrogens with zero attached hydrogens (tertiary/aromatic N) is 2. The summed E-state index contributed by atoms with van der Waals surface area (Å²) < 4.78 is 1.06. The summed E-state index contributed by atoms with van der Waals surface area (Å²) in [6.45, 7) is 0.549. The first-order valence-corrected chi connectivity index (χ1v) is 6.92. The van der Waals surface area contributed by atoms with Crippen molar-refractivity contribution >= 4 is 39.2 Å². The average molecular weight is 326 g/mol. The highest BCUT2D eigenvalue weighted by atomic mass is 79.9. The minimum atomic E-state index is -0.0271. The summed E-state index contributed by atoms with van der Waals surface area (Å²) in [5.74, 6) is -0.0271. The number of rotatable bonds is 4. The van der Waals surface area contributed by atoms with E-state index in [-0.39, 0.29) is 5.91 Å². The summed E-state index contributed by atoms with van der Waals surface area (Å²) in [4.78, 5) is 14.5. The molecule has 0 aliphatic heterocycles. The summed E-state index contributed by atoms with van der Waals surface area (Å²) in [6, 6.07) is 3.93. The number of carbonyl (C=O) groups is 1. The van der Waals surface area contributed by atoms with Crippen molar-refractivity contribution in [1.82, 2.24) is 15.1 Å². The first-order valence-electron chi connectivity index (χ1n) is 5.31. The first kappa shape index (κ1) is 13.0. The molecular weight excluding hydrogens is 314 g/mol. The van der Waals surface area contributed by atoms with Crippen LogP contribution in [0.5, 0.6) is 0 Å². The van der Waals surface area contributed by atoms with Crippen molar-refractivity contribution in [2.75, 3.05) is 7.05 Å². The Hall–Kier alpha value is -1.40. The van der Waals surface area contributed by atoms with Gasteiger partial charge in [-0.1, -0.05) is 0 Å². The number of H-pyrrole nitrogens is 1. The highest BCUT2D eigenvalue weighted by molar-refractivity contribution is 9.11. The van der Waals surface area contributed by atoms with Gasteiger partial charge in [-0.05, 0) is 34.1 Å². The Kier molecular flexibility index (Phi) is 4.33. The second kappa shape index (κ2) is 5.97. The Labute approximate surface area is 117 Å². The number of aromatic nitrogens is 2. The van der Waals surface area contributed by atoms with Gasteiger partial charge in [0.1, 0.15) is 0 Å². The number of halogens is 1. The second-order valence-electron chi connectivity index (χ2n) is 3.78. The number of carbonyl (C=O) groups excluding carboxylic acids is 1. The Balaban J connectivity index is 1.93. The fourth-order valence-electron chi connectivity index (χ4n) is 1.41. The van der Waals surface area contributed by atoms with Crippen molar-refractivity contribution in [3.63, 3.8) is 0 Å². The van der Waals surface area contributed by atoms with E-state index >= 15 is 0 Å². The molecule has 0 fully saturated rings. The summed E-state index contributed by atoms with van der Waals surface area (Å²) in [7, 11) is 1.77. The third-order valence-corrected chi connectivity index (χ3v) is 3.92. The van der Waals surface area contributed by atoms with E-state index in [4.69, 9.17) is 0 Å². The zero-order chi connectivity index (χ0) is 13.0. The third kappa shape index (κ3) is 3.54. The lowest BCUT2D eigenvalue weighted by atomic mass is 10.3. The number of likely N-dealkylation sites (N-methyl/N-ethyl adjacent to an activating group) is 1. The minimum Gasteiger partial charge on any atom is -0.338 e. The SMILES string of the molecule is CN(Cc1cn[nH]c1)C(=O)C=Cc1ccc(Br)s1. The van der Waals surface area contributed by atoms with Crippen molar-refractivity contribution in [2.45, 2.75) is 6.54 Å². The molecule has 0 saturated heterocycles. The zero-order valence-corrected chi connectivity index (χ0v) is 12.2. The van der Waals surface area contributed by atoms with Gasteiger partial charge in [-0.3, -0.25) is 9.89 Å². The predicted molar refractivity (Wildman–Crippen MR) is 76.1 cm³/mol. The second-order valence-corrected chi connectivity index (χ2v) is 6.27. The molecule has 0 aliphatic rings. The Morgan fingerprint density at radius 2 is 2.44 bits per heavy atom. The van der Waals surface area contributed by atoms with Gasteiger partial charge >= 0.3 is 0 Å². The standard InChI is InChI=1S/C12H12BrN3OS/c1-16(8-9-6-14-15-7-9)12(17)5-3-10-2-4-11(13)18-10/h2-7H,8H2,1H3,(H,14,15). The molecule has 0 radical (unpaired) electrons. The molecule has 1 N–H and O–H groups in total. The summed E-state index contributed by atoms with van der Waals surface area (Å²) in [5, 5.41) is 6.57. The smallest absolute Gasteiger partial charge is 0.246 e. The van der Waals surface area contributed by atoms with Gasteiger partial charge in [-0.15, -0.1) is 11.3 Å². The quantitative estimate of drug-likeness (QED) is 0.879.